The van der Waals surface area contributed by atoms with E-state index in [1.165, 1.54) is 0 Å². The molecule has 0 bridgehead atoms. The summed E-state index contributed by atoms with van der Waals surface area (Å²) in [4.78, 5) is 0. The molecule has 0 amide bonds. The summed E-state index contributed by atoms with van der Waals surface area (Å²) in [6.07, 6.45) is 0.951. The highest BCUT2D eigenvalue weighted by atomic mass is 16.7. The Morgan fingerprint density at radius 3 is 2.50 bits per heavy atom. The number of hydrogen-bond donors (Lipinski definition) is 1. The first-order valence-electron chi connectivity index (χ1n) is 6.16. The largest absolute Gasteiger partial charge is 0.493 e. The molecule has 1 aliphatic rings. The van der Waals surface area contributed by atoms with Gasteiger partial charge in [0, 0.05) is 11.6 Å². The molecule has 4 nitrogen and oxygen atoms in total. The molecule has 4 heteroatoms. The highest BCUT2D eigenvalue weighted by molar-refractivity contribution is 5.51. The van der Waals surface area contributed by atoms with E-state index in [4.69, 9.17) is 14.2 Å². The molecule has 0 saturated heterocycles. The van der Waals surface area contributed by atoms with Gasteiger partial charge in [0.2, 0.25) is 6.79 Å². The predicted octanol–water partition coefficient (Wildman–Crippen LogP) is 2.72. The first-order valence-corrected chi connectivity index (χ1v) is 6.16. The molecule has 1 aliphatic heterocycles. The van der Waals surface area contributed by atoms with Gasteiger partial charge in [-0.15, -0.1) is 0 Å². The molecule has 100 valence electrons. The van der Waals surface area contributed by atoms with Crippen molar-refractivity contribution >= 4 is 0 Å². The smallest absolute Gasteiger partial charge is 0.231 e. The Hall–Kier alpha value is -1.42. The second kappa shape index (κ2) is 5.06. The van der Waals surface area contributed by atoms with Gasteiger partial charge >= 0.3 is 0 Å². The summed E-state index contributed by atoms with van der Waals surface area (Å²) in [7, 11) is 0. The molecule has 18 heavy (non-hydrogen) atoms. The number of ether oxygens (including phenoxy) is 3. The molecular formula is C14H20O4. The molecule has 1 aromatic rings. The summed E-state index contributed by atoms with van der Waals surface area (Å²) in [5.41, 5.74) is 0.962. The molecule has 0 fully saturated rings. The Balaban J connectivity index is 2.07. The van der Waals surface area contributed by atoms with E-state index in [0.717, 1.165) is 12.0 Å². The lowest BCUT2D eigenvalue weighted by Crippen LogP contribution is -2.11. The first-order chi connectivity index (χ1) is 8.49. The fourth-order valence-corrected chi connectivity index (χ4v) is 1.69. The third-order valence-corrected chi connectivity index (χ3v) is 2.84. The molecule has 1 heterocycles. The van der Waals surface area contributed by atoms with E-state index in [0.29, 0.717) is 23.9 Å². The van der Waals surface area contributed by atoms with Gasteiger partial charge in [0.25, 0.3) is 0 Å². The molecule has 1 aromatic carbocycles. The van der Waals surface area contributed by atoms with E-state index >= 15 is 0 Å². The third kappa shape index (κ3) is 3.07. The van der Waals surface area contributed by atoms with Gasteiger partial charge in [-0.1, -0.05) is 20.8 Å². The number of benzene rings is 1. The second-order valence-corrected chi connectivity index (χ2v) is 5.63. The highest BCUT2D eigenvalue weighted by Gasteiger charge is 2.18. The topological polar surface area (TPSA) is 47.9 Å². The number of aliphatic hydroxyl groups is 1. The van der Waals surface area contributed by atoms with Crippen molar-refractivity contribution in [1.82, 2.24) is 0 Å². The van der Waals surface area contributed by atoms with Crippen LogP contribution in [0.5, 0.6) is 17.2 Å². The number of fused-ring (bicyclic) bond motifs is 1. The molecule has 0 aliphatic carbocycles. The second-order valence-electron chi connectivity index (χ2n) is 5.63. The maximum Gasteiger partial charge on any atom is 0.231 e. The fraction of sp³-hybridized carbons (Fsp3) is 0.571. The van der Waals surface area contributed by atoms with Crippen molar-refractivity contribution in [3.63, 3.8) is 0 Å². The highest BCUT2D eigenvalue weighted by Crippen LogP contribution is 2.38. The van der Waals surface area contributed by atoms with Crippen LogP contribution in [0.1, 0.15) is 32.8 Å². The minimum absolute atomic E-state index is 0.0680. The monoisotopic (exact) mass is 252 g/mol. The molecule has 0 spiro atoms. The van der Waals surface area contributed by atoms with E-state index in [9.17, 15) is 5.11 Å². The van der Waals surface area contributed by atoms with Crippen LogP contribution in [-0.2, 0) is 6.61 Å². The minimum Gasteiger partial charge on any atom is -0.493 e. The Morgan fingerprint density at radius 1 is 1.22 bits per heavy atom. The number of hydrogen-bond acceptors (Lipinski definition) is 4. The molecular weight excluding hydrogens is 232 g/mol. The third-order valence-electron chi connectivity index (χ3n) is 2.84. The van der Waals surface area contributed by atoms with E-state index in [1.54, 1.807) is 12.1 Å². The van der Waals surface area contributed by atoms with E-state index in [1.807, 2.05) is 0 Å². The van der Waals surface area contributed by atoms with Gasteiger partial charge in [-0.25, -0.2) is 0 Å². The van der Waals surface area contributed by atoms with Crippen LogP contribution in [-0.4, -0.2) is 18.5 Å². The van der Waals surface area contributed by atoms with Crippen LogP contribution < -0.4 is 14.2 Å². The zero-order valence-electron chi connectivity index (χ0n) is 11.2. The van der Waals surface area contributed by atoms with Gasteiger partial charge in [0.15, 0.2) is 11.5 Å². The fourth-order valence-electron chi connectivity index (χ4n) is 1.69. The average molecular weight is 252 g/mol. The molecule has 0 aromatic heterocycles. The van der Waals surface area contributed by atoms with E-state index in [-0.39, 0.29) is 18.8 Å². The summed E-state index contributed by atoms with van der Waals surface area (Å²) in [5, 5.41) is 9.33. The normalized spacial score (nSPS) is 13.8. The molecule has 2 rings (SSSR count). The Morgan fingerprint density at radius 2 is 1.89 bits per heavy atom. The molecule has 0 unspecified atom stereocenters. The summed E-state index contributed by atoms with van der Waals surface area (Å²) >= 11 is 0. The summed E-state index contributed by atoms with van der Waals surface area (Å²) in [6, 6.07) is 3.56. The van der Waals surface area contributed by atoms with Crippen LogP contribution in [0.15, 0.2) is 12.1 Å². The van der Waals surface area contributed by atoms with E-state index in [2.05, 4.69) is 20.8 Å². The van der Waals surface area contributed by atoms with Crippen molar-refractivity contribution in [3.05, 3.63) is 17.7 Å². The van der Waals surface area contributed by atoms with Gasteiger partial charge in [0.05, 0.1) is 13.2 Å². The van der Waals surface area contributed by atoms with Gasteiger partial charge in [-0.3, -0.25) is 0 Å². The average Bonchev–Trinajstić information content (AvgIpc) is 2.73. The maximum absolute atomic E-state index is 9.33. The number of aliphatic hydroxyl groups excluding tert-OH is 1. The lowest BCUT2D eigenvalue weighted by molar-refractivity contribution is 0.173. The minimum atomic E-state index is -0.0680. The lowest BCUT2D eigenvalue weighted by atomic mass is 9.93. The number of rotatable bonds is 4. The first kappa shape index (κ1) is 13.0. The SMILES string of the molecule is CC(C)(C)CCOc1cc2c(cc1CO)OCO2. The lowest BCUT2D eigenvalue weighted by Gasteiger charge is -2.19. The van der Waals surface area contributed by atoms with Crippen molar-refractivity contribution in [2.24, 2.45) is 5.41 Å². The van der Waals surface area contributed by atoms with Gasteiger partial charge in [-0.2, -0.15) is 0 Å². The van der Waals surface area contributed by atoms with Crippen LogP contribution >= 0.6 is 0 Å². The standard InChI is InChI=1S/C14H20O4/c1-14(2,3)4-5-16-11-7-13-12(17-9-18-13)6-10(11)8-15/h6-7,15H,4-5,8-9H2,1-3H3. The van der Waals surface area contributed by atoms with Crippen molar-refractivity contribution in [3.8, 4) is 17.2 Å². The molecule has 0 saturated carbocycles. The molecule has 1 N–H and O–H groups in total. The molecule has 0 atom stereocenters. The van der Waals surface area contributed by atoms with Gasteiger partial charge in [-0.05, 0) is 17.9 Å². The van der Waals surface area contributed by atoms with E-state index < -0.39 is 0 Å². The Bertz CT molecular complexity index is 421. The van der Waals surface area contributed by atoms with Crippen molar-refractivity contribution in [2.45, 2.75) is 33.8 Å². The van der Waals surface area contributed by atoms with Gasteiger partial charge < -0.3 is 19.3 Å². The van der Waals surface area contributed by atoms with Crippen LogP contribution in [0.2, 0.25) is 0 Å². The summed E-state index contributed by atoms with van der Waals surface area (Å²) < 4.78 is 16.3. The molecule has 0 radical (unpaired) electrons. The summed E-state index contributed by atoms with van der Waals surface area (Å²) in [5.74, 6) is 2.02. The van der Waals surface area contributed by atoms with Crippen LogP contribution in [0.25, 0.3) is 0 Å². The zero-order valence-corrected chi connectivity index (χ0v) is 11.2. The van der Waals surface area contributed by atoms with Crippen LogP contribution in [0.4, 0.5) is 0 Å². The van der Waals surface area contributed by atoms with Crippen molar-refractivity contribution < 1.29 is 19.3 Å². The zero-order chi connectivity index (χ0) is 13.2. The summed E-state index contributed by atoms with van der Waals surface area (Å²) in [6.45, 7) is 7.29. The van der Waals surface area contributed by atoms with Gasteiger partial charge in [0.1, 0.15) is 5.75 Å². The van der Waals surface area contributed by atoms with Crippen LogP contribution in [0, 0.1) is 5.41 Å². The van der Waals surface area contributed by atoms with Crippen LogP contribution in [0.3, 0.4) is 0 Å². The predicted molar refractivity (Wildman–Crippen MR) is 68.1 cm³/mol. The Kier molecular flexibility index (Phi) is 3.66. The maximum atomic E-state index is 9.33. The van der Waals surface area contributed by atoms with Crippen molar-refractivity contribution in [1.29, 1.82) is 0 Å². The Labute approximate surface area is 107 Å². The van der Waals surface area contributed by atoms with Crippen molar-refractivity contribution in [2.75, 3.05) is 13.4 Å². The quantitative estimate of drug-likeness (QED) is 0.895.